The molecule has 4 N–H and O–H groups in total. The van der Waals surface area contributed by atoms with E-state index in [-0.39, 0.29) is 11.5 Å². The first-order valence-corrected chi connectivity index (χ1v) is 1.86. The molecule has 0 spiro atoms. The predicted molar refractivity (Wildman–Crippen MR) is 27.1 cm³/mol. The average Bonchev–Trinajstić information content (AvgIpc) is 1.65. The van der Waals surface area contributed by atoms with Crippen LogP contribution >= 0.6 is 0 Å². The van der Waals surface area contributed by atoms with E-state index in [1.807, 2.05) is 0 Å². The fraction of sp³-hybridized carbons (Fsp3) is 0.250. The second-order valence-corrected chi connectivity index (χ2v) is 1.18. The smallest absolute Gasteiger partial charge is 0.176 e. The Morgan fingerprint density at radius 1 is 1.71 bits per heavy atom. The zero-order valence-electron chi connectivity index (χ0n) is 4.14. The first kappa shape index (κ1) is 6.01. The van der Waals surface area contributed by atoms with Crippen molar-refractivity contribution in [3.8, 4) is 0 Å². The Morgan fingerprint density at radius 2 is 2.14 bits per heavy atom. The lowest BCUT2D eigenvalue weighted by molar-refractivity contribution is -0.113. The van der Waals surface area contributed by atoms with Crippen molar-refractivity contribution in [2.45, 2.75) is 6.92 Å². The molecule has 0 bridgehead atoms. The molecule has 3 nitrogen and oxygen atoms in total. The molecular weight excluding hydrogens is 92.1 g/mol. The van der Waals surface area contributed by atoms with E-state index < -0.39 is 0 Å². The molecule has 0 aromatic heterocycles. The van der Waals surface area contributed by atoms with Crippen LogP contribution < -0.4 is 11.5 Å². The first-order valence-electron chi connectivity index (χ1n) is 1.86. The normalized spacial score (nSPS) is 11.3. The average molecular weight is 100 g/mol. The van der Waals surface area contributed by atoms with Crippen molar-refractivity contribution in [3.63, 3.8) is 0 Å². The fourth-order valence-electron chi connectivity index (χ4n) is 0.117. The second-order valence-electron chi connectivity index (χ2n) is 1.18. The van der Waals surface area contributed by atoms with Crippen LogP contribution in [0.3, 0.4) is 0 Å². The summed E-state index contributed by atoms with van der Waals surface area (Å²) in [5.74, 6) is -0.192. The number of Topliss-reactive ketones (excluding diaryl/α,β-unsaturated/α-hetero) is 1. The lowest BCUT2D eigenvalue weighted by Crippen LogP contribution is -2.08. The van der Waals surface area contributed by atoms with Gasteiger partial charge in [-0.15, -0.1) is 0 Å². The summed E-state index contributed by atoms with van der Waals surface area (Å²) in [5, 5.41) is 0. The summed E-state index contributed by atoms with van der Waals surface area (Å²) in [6.07, 6.45) is 1.09. The Morgan fingerprint density at radius 3 is 2.14 bits per heavy atom. The van der Waals surface area contributed by atoms with E-state index in [2.05, 4.69) is 0 Å². The summed E-state index contributed by atoms with van der Waals surface area (Å²) in [4.78, 5) is 10.1. The Labute approximate surface area is 42.0 Å². The molecule has 0 rings (SSSR count). The van der Waals surface area contributed by atoms with Gasteiger partial charge in [0.1, 0.15) is 0 Å². The zero-order chi connectivity index (χ0) is 5.86. The fourth-order valence-corrected chi connectivity index (χ4v) is 0.117. The van der Waals surface area contributed by atoms with E-state index >= 15 is 0 Å². The van der Waals surface area contributed by atoms with Gasteiger partial charge in [-0.25, -0.2) is 0 Å². The SMILES string of the molecule is CC(=O)/C(N)=C/N. The van der Waals surface area contributed by atoms with E-state index in [0.717, 1.165) is 6.20 Å². The van der Waals surface area contributed by atoms with Crippen LogP contribution in [0.4, 0.5) is 0 Å². The maximum atomic E-state index is 10.1. The van der Waals surface area contributed by atoms with Gasteiger partial charge in [-0.3, -0.25) is 4.79 Å². The maximum Gasteiger partial charge on any atom is 0.176 e. The van der Waals surface area contributed by atoms with E-state index in [0.29, 0.717) is 0 Å². The molecule has 0 saturated carbocycles. The summed E-state index contributed by atoms with van der Waals surface area (Å²) in [6.45, 7) is 1.36. The van der Waals surface area contributed by atoms with Crippen molar-refractivity contribution in [2.75, 3.05) is 0 Å². The molecule has 0 saturated heterocycles. The van der Waals surface area contributed by atoms with Gasteiger partial charge in [-0.05, 0) is 0 Å². The number of carbonyl (C=O) groups excluding carboxylic acids is 1. The number of carbonyl (C=O) groups is 1. The van der Waals surface area contributed by atoms with Gasteiger partial charge in [-0.2, -0.15) is 0 Å². The Kier molecular flexibility index (Phi) is 1.91. The largest absolute Gasteiger partial charge is 0.403 e. The van der Waals surface area contributed by atoms with Crippen molar-refractivity contribution < 1.29 is 4.79 Å². The van der Waals surface area contributed by atoms with Crippen LogP contribution in [0, 0.1) is 0 Å². The third kappa shape index (κ3) is 1.81. The van der Waals surface area contributed by atoms with Crippen LogP contribution in [0.5, 0.6) is 0 Å². The molecule has 0 amide bonds. The van der Waals surface area contributed by atoms with Gasteiger partial charge in [-0.1, -0.05) is 0 Å². The number of rotatable bonds is 1. The van der Waals surface area contributed by atoms with E-state index in [1.54, 1.807) is 0 Å². The van der Waals surface area contributed by atoms with Crippen molar-refractivity contribution in [2.24, 2.45) is 11.5 Å². The molecule has 0 radical (unpaired) electrons. The van der Waals surface area contributed by atoms with E-state index in [9.17, 15) is 4.79 Å². The van der Waals surface area contributed by atoms with Gasteiger partial charge in [0.05, 0.1) is 5.70 Å². The minimum absolute atomic E-state index is 0.111. The predicted octanol–water partition coefficient (Wildman–Crippen LogP) is -0.666. The van der Waals surface area contributed by atoms with Crippen LogP contribution in [-0.4, -0.2) is 5.78 Å². The summed E-state index contributed by atoms with van der Waals surface area (Å²) in [6, 6.07) is 0. The highest BCUT2D eigenvalue weighted by molar-refractivity contribution is 5.91. The van der Waals surface area contributed by atoms with Crippen molar-refractivity contribution in [1.29, 1.82) is 0 Å². The minimum atomic E-state index is -0.192. The van der Waals surface area contributed by atoms with Crippen molar-refractivity contribution in [1.82, 2.24) is 0 Å². The zero-order valence-corrected chi connectivity index (χ0v) is 4.14. The van der Waals surface area contributed by atoms with Crippen LogP contribution in [0.2, 0.25) is 0 Å². The number of nitrogens with two attached hydrogens (primary N) is 2. The minimum Gasteiger partial charge on any atom is -0.403 e. The molecule has 0 heterocycles. The molecule has 0 unspecified atom stereocenters. The lowest BCUT2D eigenvalue weighted by Gasteiger charge is -1.86. The summed E-state index contributed by atoms with van der Waals surface area (Å²) >= 11 is 0. The summed E-state index contributed by atoms with van der Waals surface area (Å²) in [7, 11) is 0. The number of ketones is 1. The molecule has 7 heavy (non-hydrogen) atoms. The lowest BCUT2D eigenvalue weighted by atomic mass is 10.3. The van der Waals surface area contributed by atoms with Crippen LogP contribution in [0.1, 0.15) is 6.92 Å². The van der Waals surface area contributed by atoms with Crippen molar-refractivity contribution in [3.05, 3.63) is 11.9 Å². The van der Waals surface area contributed by atoms with Gasteiger partial charge < -0.3 is 11.5 Å². The highest BCUT2D eigenvalue weighted by Crippen LogP contribution is 1.77. The standard InChI is InChI=1S/C4H8N2O/c1-3(7)4(6)2-5/h2H,5-6H2,1H3/b4-2-. The van der Waals surface area contributed by atoms with Gasteiger partial charge >= 0.3 is 0 Å². The molecule has 0 aromatic rings. The number of allylic oxidation sites excluding steroid dienone is 1. The van der Waals surface area contributed by atoms with E-state index in [1.165, 1.54) is 6.92 Å². The molecular formula is C4H8N2O. The number of hydrogen-bond donors (Lipinski definition) is 2. The van der Waals surface area contributed by atoms with Gasteiger partial charge in [0.2, 0.25) is 0 Å². The third-order valence-electron chi connectivity index (χ3n) is 0.586. The monoisotopic (exact) mass is 100 g/mol. The van der Waals surface area contributed by atoms with E-state index in [4.69, 9.17) is 11.5 Å². The molecule has 0 aromatic carbocycles. The highest BCUT2D eigenvalue weighted by atomic mass is 16.1. The van der Waals surface area contributed by atoms with Gasteiger partial charge in [0, 0.05) is 13.1 Å². The molecule has 0 fully saturated rings. The summed E-state index contributed by atoms with van der Waals surface area (Å²) in [5.41, 5.74) is 9.98. The van der Waals surface area contributed by atoms with Crippen LogP contribution in [0.25, 0.3) is 0 Å². The van der Waals surface area contributed by atoms with Crippen LogP contribution in [0.15, 0.2) is 11.9 Å². The topological polar surface area (TPSA) is 69.1 Å². The molecule has 0 atom stereocenters. The van der Waals surface area contributed by atoms with Gasteiger partial charge in [0.25, 0.3) is 0 Å². The quantitative estimate of drug-likeness (QED) is 0.429. The van der Waals surface area contributed by atoms with Gasteiger partial charge in [0.15, 0.2) is 5.78 Å². The Bertz CT molecular complexity index is 106. The highest BCUT2D eigenvalue weighted by Gasteiger charge is 1.90. The Hall–Kier alpha value is -0.990. The second kappa shape index (κ2) is 2.23. The van der Waals surface area contributed by atoms with Crippen LogP contribution in [-0.2, 0) is 4.79 Å². The Balaban J connectivity index is 3.82. The molecule has 0 aliphatic rings. The first-order chi connectivity index (χ1) is 3.18. The maximum absolute atomic E-state index is 10.1. The van der Waals surface area contributed by atoms with Crippen molar-refractivity contribution >= 4 is 5.78 Å². The number of hydrogen-bond acceptors (Lipinski definition) is 3. The molecule has 0 aliphatic carbocycles. The molecule has 3 heteroatoms. The molecule has 40 valence electrons. The summed E-state index contributed by atoms with van der Waals surface area (Å²) < 4.78 is 0. The third-order valence-corrected chi connectivity index (χ3v) is 0.586. The molecule has 0 aliphatic heterocycles.